The van der Waals surface area contributed by atoms with Crippen molar-refractivity contribution in [1.82, 2.24) is 4.90 Å². The van der Waals surface area contributed by atoms with Gasteiger partial charge in [-0.1, -0.05) is 19.3 Å². The standard InChI is InChI=1S/C16H22N2O3.C2H2O4/c19-16(11-18-8-4-2-1-3-5-9-18)17-13-6-7-14-15(10-13)21-12-20-14;3-1(4)2(5)6/h6-7,10H,1-5,8-9,11-12H2,(H,17,19);(H,3,4)(H,5,6). The van der Waals surface area contributed by atoms with E-state index in [0.29, 0.717) is 12.3 Å². The zero-order valence-corrected chi connectivity index (χ0v) is 15.0. The average Bonchev–Trinajstić information content (AvgIpc) is 3.05. The molecule has 0 radical (unpaired) electrons. The summed E-state index contributed by atoms with van der Waals surface area (Å²) in [5, 5.41) is 17.7. The molecule has 0 bridgehead atoms. The lowest BCUT2D eigenvalue weighted by molar-refractivity contribution is -0.159. The molecule has 9 nitrogen and oxygen atoms in total. The molecule has 2 aliphatic heterocycles. The van der Waals surface area contributed by atoms with Gasteiger partial charge < -0.3 is 25.0 Å². The number of carbonyl (C=O) groups is 3. The molecule has 1 fully saturated rings. The Hall–Kier alpha value is -2.81. The van der Waals surface area contributed by atoms with E-state index >= 15 is 0 Å². The van der Waals surface area contributed by atoms with Crippen LogP contribution in [0.5, 0.6) is 11.5 Å². The van der Waals surface area contributed by atoms with Crippen LogP contribution >= 0.6 is 0 Å². The van der Waals surface area contributed by atoms with Crippen LogP contribution < -0.4 is 14.8 Å². The number of carboxylic acid groups (broad SMARTS) is 2. The molecule has 9 heteroatoms. The maximum atomic E-state index is 12.2. The SMILES string of the molecule is O=C(CN1CCCCCCC1)Nc1ccc2c(c1)OCO2.O=C(O)C(=O)O. The molecule has 3 rings (SSSR count). The highest BCUT2D eigenvalue weighted by Crippen LogP contribution is 2.34. The van der Waals surface area contributed by atoms with Gasteiger partial charge in [0, 0.05) is 11.8 Å². The predicted octanol–water partition coefficient (Wildman–Crippen LogP) is 1.78. The summed E-state index contributed by atoms with van der Waals surface area (Å²) in [6.07, 6.45) is 6.27. The molecule has 148 valence electrons. The summed E-state index contributed by atoms with van der Waals surface area (Å²) in [5.74, 6) is -2.18. The second-order valence-corrected chi connectivity index (χ2v) is 6.27. The van der Waals surface area contributed by atoms with Crippen LogP contribution in [0.25, 0.3) is 0 Å². The van der Waals surface area contributed by atoms with Crippen molar-refractivity contribution in [2.45, 2.75) is 32.1 Å². The minimum absolute atomic E-state index is 0.0365. The Labute approximate surface area is 156 Å². The van der Waals surface area contributed by atoms with Gasteiger partial charge in [-0.25, -0.2) is 9.59 Å². The lowest BCUT2D eigenvalue weighted by atomic mass is 10.1. The molecule has 1 amide bonds. The quantitative estimate of drug-likeness (QED) is 0.678. The van der Waals surface area contributed by atoms with Crippen molar-refractivity contribution in [2.75, 3.05) is 31.7 Å². The molecule has 2 aliphatic rings. The zero-order valence-electron chi connectivity index (χ0n) is 15.0. The van der Waals surface area contributed by atoms with E-state index in [4.69, 9.17) is 29.3 Å². The van der Waals surface area contributed by atoms with Crippen LogP contribution in [0, 0.1) is 0 Å². The fraction of sp³-hybridized carbons (Fsp3) is 0.500. The van der Waals surface area contributed by atoms with E-state index in [0.717, 1.165) is 24.5 Å². The summed E-state index contributed by atoms with van der Waals surface area (Å²) in [4.78, 5) is 32.6. The molecular formula is C18H24N2O7. The van der Waals surface area contributed by atoms with Gasteiger partial charge in [0.05, 0.1) is 6.54 Å². The molecule has 27 heavy (non-hydrogen) atoms. The smallest absolute Gasteiger partial charge is 0.414 e. The maximum absolute atomic E-state index is 12.2. The molecule has 2 heterocycles. The van der Waals surface area contributed by atoms with Gasteiger partial charge in [-0.15, -0.1) is 0 Å². The Kier molecular flexibility index (Phi) is 7.87. The molecule has 1 saturated heterocycles. The minimum atomic E-state index is -1.82. The van der Waals surface area contributed by atoms with Crippen molar-refractivity contribution in [3.63, 3.8) is 0 Å². The van der Waals surface area contributed by atoms with Gasteiger partial charge in [0.2, 0.25) is 12.7 Å². The van der Waals surface area contributed by atoms with Crippen LogP contribution in [0.3, 0.4) is 0 Å². The molecule has 1 aromatic rings. The molecule has 0 atom stereocenters. The van der Waals surface area contributed by atoms with Crippen LogP contribution in [0.1, 0.15) is 32.1 Å². The normalized spacial score (nSPS) is 16.3. The van der Waals surface area contributed by atoms with Crippen LogP contribution in [0.4, 0.5) is 5.69 Å². The van der Waals surface area contributed by atoms with Gasteiger partial charge >= 0.3 is 11.9 Å². The monoisotopic (exact) mass is 380 g/mol. The number of carbonyl (C=O) groups excluding carboxylic acids is 1. The number of fused-ring (bicyclic) bond motifs is 1. The number of ether oxygens (including phenoxy) is 2. The van der Waals surface area contributed by atoms with Gasteiger partial charge in [-0.05, 0) is 38.1 Å². The lowest BCUT2D eigenvalue weighted by Crippen LogP contribution is -2.35. The molecule has 3 N–H and O–H groups in total. The number of aliphatic carboxylic acids is 2. The Balaban J connectivity index is 0.000000380. The van der Waals surface area contributed by atoms with Crippen molar-refractivity contribution < 1.29 is 34.1 Å². The summed E-state index contributed by atoms with van der Waals surface area (Å²) in [6.45, 7) is 2.76. The van der Waals surface area contributed by atoms with E-state index in [9.17, 15) is 4.79 Å². The number of hydrogen-bond donors (Lipinski definition) is 3. The van der Waals surface area contributed by atoms with E-state index in [1.54, 1.807) is 0 Å². The molecule has 0 aromatic heterocycles. The van der Waals surface area contributed by atoms with E-state index in [1.165, 1.54) is 32.1 Å². The molecule has 0 unspecified atom stereocenters. The Morgan fingerprint density at radius 3 is 2.15 bits per heavy atom. The Morgan fingerprint density at radius 2 is 1.52 bits per heavy atom. The summed E-state index contributed by atoms with van der Waals surface area (Å²) in [6, 6.07) is 5.49. The highest BCUT2D eigenvalue weighted by molar-refractivity contribution is 6.27. The van der Waals surface area contributed by atoms with E-state index in [2.05, 4.69) is 10.2 Å². The van der Waals surface area contributed by atoms with Crippen molar-refractivity contribution in [2.24, 2.45) is 0 Å². The lowest BCUT2D eigenvalue weighted by Gasteiger charge is -2.23. The van der Waals surface area contributed by atoms with Crippen molar-refractivity contribution in [3.05, 3.63) is 18.2 Å². The average molecular weight is 380 g/mol. The highest BCUT2D eigenvalue weighted by Gasteiger charge is 2.16. The second kappa shape index (κ2) is 10.4. The van der Waals surface area contributed by atoms with Crippen LogP contribution in [-0.2, 0) is 14.4 Å². The van der Waals surface area contributed by atoms with Gasteiger partial charge in [-0.2, -0.15) is 0 Å². The summed E-state index contributed by atoms with van der Waals surface area (Å²) < 4.78 is 10.6. The van der Waals surface area contributed by atoms with Crippen molar-refractivity contribution in [3.8, 4) is 11.5 Å². The predicted molar refractivity (Wildman–Crippen MR) is 96.0 cm³/mol. The molecule has 0 aliphatic carbocycles. The van der Waals surface area contributed by atoms with Gasteiger partial charge in [-0.3, -0.25) is 9.69 Å². The van der Waals surface area contributed by atoms with Gasteiger partial charge in [0.25, 0.3) is 0 Å². The first-order valence-electron chi connectivity index (χ1n) is 8.84. The van der Waals surface area contributed by atoms with Crippen LogP contribution in [0.15, 0.2) is 18.2 Å². The highest BCUT2D eigenvalue weighted by atomic mass is 16.7. The number of hydrogen-bond acceptors (Lipinski definition) is 6. The number of amides is 1. The summed E-state index contributed by atoms with van der Waals surface area (Å²) in [7, 11) is 0. The molecular weight excluding hydrogens is 356 g/mol. The van der Waals surface area contributed by atoms with Crippen LogP contribution in [0.2, 0.25) is 0 Å². The first-order valence-corrected chi connectivity index (χ1v) is 8.84. The van der Waals surface area contributed by atoms with Crippen molar-refractivity contribution in [1.29, 1.82) is 0 Å². The number of anilines is 1. The zero-order chi connectivity index (χ0) is 19.6. The first kappa shape index (κ1) is 20.5. The molecule has 0 saturated carbocycles. The minimum Gasteiger partial charge on any atom is -0.473 e. The fourth-order valence-corrected chi connectivity index (χ4v) is 2.85. The first-order chi connectivity index (χ1) is 13.0. The Morgan fingerprint density at radius 1 is 0.926 bits per heavy atom. The topological polar surface area (TPSA) is 125 Å². The number of benzene rings is 1. The summed E-state index contributed by atoms with van der Waals surface area (Å²) in [5.41, 5.74) is 0.760. The van der Waals surface area contributed by atoms with E-state index < -0.39 is 11.9 Å². The number of nitrogens with zero attached hydrogens (tertiary/aromatic N) is 1. The third-order valence-corrected chi connectivity index (χ3v) is 4.16. The van der Waals surface area contributed by atoms with E-state index in [-0.39, 0.29) is 12.7 Å². The maximum Gasteiger partial charge on any atom is 0.414 e. The second-order valence-electron chi connectivity index (χ2n) is 6.27. The molecule has 0 spiro atoms. The third kappa shape index (κ3) is 7.14. The number of rotatable bonds is 3. The third-order valence-electron chi connectivity index (χ3n) is 4.16. The van der Waals surface area contributed by atoms with E-state index in [1.807, 2.05) is 18.2 Å². The van der Waals surface area contributed by atoms with Crippen molar-refractivity contribution >= 4 is 23.5 Å². The number of nitrogens with one attached hydrogen (secondary N) is 1. The van der Waals surface area contributed by atoms with Gasteiger partial charge in [0.15, 0.2) is 11.5 Å². The number of carboxylic acids is 2. The van der Waals surface area contributed by atoms with Crippen LogP contribution in [-0.4, -0.2) is 59.4 Å². The summed E-state index contributed by atoms with van der Waals surface area (Å²) >= 11 is 0. The van der Waals surface area contributed by atoms with Gasteiger partial charge in [0.1, 0.15) is 0 Å². The molecule has 1 aromatic carbocycles. The fourth-order valence-electron chi connectivity index (χ4n) is 2.85. The Bertz CT molecular complexity index is 658. The number of likely N-dealkylation sites (tertiary alicyclic amines) is 1. The largest absolute Gasteiger partial charge is 0.473 e.